The molecule has 0 aliphatic heterocycles. The van der Waals surface area contributed by atoms with Gasteiger partial charge in [-0.3, -0.25) is 0 Å². The first-order valence-corrected chi connectivity index (χ1v) is 6.35. The molecule has 0 aromatic heterocycles. The summed E-state index contributed by atoms with van der Waals surface area (Å²) in [6.07, 6.45) is 1.99. The zero-order chi connectivity index (χ0) is 13.5. The van der Waals surface area contributed by atoms with Crippen LogP contribution in [0.1, 0.15) is 26.7 Å². The fourth-order valence-corrected chi connectivity index (χ4v) is 1.90. The van der Waals surface area contributed by atoms with Crippen LogP contribution in [0.3, 0.4) is 0 Å². The van der Waals surface area contributed by atoms with Crippen molar-refractivity contribution in [1.29, 1.82) is 0 Å². The molecule has 2 amide bonds. The molecule has 0 bridgehead atoms. The molecule has 0 fully saturated rings. The molecule has 0 spiro atoms. The predicted octanol–water partition coefficient (Wildman–Crippen LogP) is 3.66. The molecule has 0 heterocycles. The van der Waals surface area contributed by atoms with E-state index in [0.717, 1.165) is 12.8 Å². The van der Waals surface area contributed by atoms with E-state index in [1.807, 2.05) is 6.92 Å². The molecule has 1 aromatic carbocycles. The predicted molar refractivity (Wildman–Crippen MR) is 74.5 cm³/mol. The number of anilines is 1. The number of nitrogens with one attached hydrogen (secondary N) is 2. The smallest absolute Gasteiger partial charge is 0.319 e. The molecule has 5 heteroatoms. The Hall–Kier alpha value is -1.42. The summed E-state index contributed by atoms with van der Waals surface area (Å²) in [6.45, 7) is 4.06. The highest BCUT2D eigenvalue weighted by Gasteiger charge is 2.08. The second-order valence-electron chi connectivity index (χ2n) is 4.14. The number of benzene rings is 1. The second-order valence-corrected chi connectivity index (χ2v) is 4.54. The van der Waals surface area contributed by atoms with E-state index in [1.165, 1.54) is 0 Å². The van der Waals surface area contributed by atoms with Gasteiger partial charge in [0.05, 0.1) is 12.1 Å². The van der Waals surface area contributed by atoms with Crippen molar-refractivity contribution in [2.75, 3.05) is 12.4 Å². The van der Waals surface area contributed by atoms with E-state index in [-0.39, 0.29) is 12.1 Å². The number of urea groups is 1. The zero-order valence-electron chi connectivity index (χ0n) is 10.9. The monoisotopic (exact) mass is 270 g/mol. The van der Waals surface area contributed by atoms with E-state index in [2.05, 4.69) is 17.6 Å². The van der Waals surface area contributed by atoms with Crippen molar-refractivity contribution in [2.24, 2.45) is 0 Å². The third-order valence-electron chi connectivity index (χ3n) is 2.51. The van der Waals surface area contributed by atoms with Crippen molar-refractivity contribution in [3.8, 4) is 5.75 Å². The molecule has 18 heavy (non-hydrogen) atoms. The van der Waals surface area contributed by atoms with Gasteiger partial charge >= 0.3 is 6.03 Å². The Labute approximate surface area is 113 Å². The number of carbonyl (C=O) groups excluding carboxylic acids is 1. The fourth-order valence-electron chi connectivity index (χ4n) is 1.64. The molecule has 100 valence electrons. The van der Waals surface area contributed by atoms with E-state index >= 15 is 0 Å². The molecule has 1 unspecified atom stereocenters. The summed E-state index contributed by atoms with van der Waals surface area (Å²) in [5.41, 5.74) is 0.641. The lowest BCUT2D eigenvalue weighted by molar-refractivity contribution is 0.248. The van der Waals surface area contributed by atoms with Crippen molar-refractivity contribution in [3.63, 3.8) is 0 Å². The SMILES string of the molecule is CCCC(C)NC(=O)Nc1ccc(OC)c(Cl)c1. The lowest BCUT2D eigenvalue weighted by atomic mass is 10.2. The quantitative estimate of drug-likeness (QED) is 0.858. The van der Waals surface area contributed by atoms with Crippen molar-refractivity contribution >= 4 is 23.3 Å². The Morgan fingerprint density at radius 3 is 2.78 bits per heavy atom. The maximum Gasteiger partial charge on any atom is 0.319 e. The summed E-state index contributed by atoms with van der Waals surface area (Å²) in [5.74, 6) is 0.585. The van der Waals surface area contributed by atoms with Crippen LogP contribution in [0.5, 0.6) is 5.75 Å². The highest BCUT2D eigenvalue weighted by atomic mass is 35.5. The van der Waals surface area contributed by atoms with E-state index in [9.17, 15) is 4.79 Å². The number of halogens is 1. The summed E-state index contributed by atoms with van der Waals surface area (Å²) >= 11 is 5.97. The Balaban J connectivity index is 2.57. The highest BCUT2D eigenvalue weighted by Crippen LogP contribution is 2.27. The minimum atomic E-state index is -0.225. The topological polar surface area (TPSA) is 50.4 Å². The number of hydrogen-bond donors (Lipinski definition) is 2. The lowest BCUT2D eigenvalue weighted by Gasteiger charge is -2.14. The van der Waals surface area contributed by atoms with Crippen LogP contribution < -0.4 is 15.4 Å². The van der Waals surface area contributed by atoms with Crippen molar-refractivity contribution in [2.45, 2.75) is 32.7 Å². The lowest BCUT2D eigenvalue weighted by Crippen LogP contribution is -2.35. The molecule has 0 saturated heterocycles. The molecule has 1 aromatic rings. The molecule has 1 rings (SSSR count). The molecule has 0 saturated carbocycles. The molecular weight excluding hydrogens is 252 g/mol. The van der Waals surface area contributed by atoms with Gasteiger partial charge in [0.25, 0.3) is 0 Å². The first kappa shape index (κ1) is 14.6. The van der Waals surface area contributed by atoms with Crippen LogP contribution in [0.2, 0.25) is 5.02 Å². The van der Waals surface area contributed by atoms with Crippen molar-refractivity contribution in [3.05, 3.63) is 23.2 Å². The first-order valence-electron chi connectivity index (χ1n) is 5.97. The third kappa shape index (κ3) is 4.45. The maximum absolute atomic E-state index is 11.7. The second kappa shape index (κ2) is 7.11. The van der Waals surface area contributed by atoms with Crippen LogP contribution in [0.15, 0.2) is 18.2 Å². The Morgan fingerprint density at radius 2 is 2.22 bits per heavy atom. The average molecular weight is 271 g/mol. The van der Waals surface area contributed by atoms with Crippen molar-refractivity contribution in [1.82, 2.24) is 5.32 Å². The van der Waals surface area contributed by atoms with E-state index < -0.39 is 0 Å². The van der Waals surface area contributed by atoms with Gasteiger partial charge in [-0.25, -0.2) is 4.79 Å². The minimum absolute atomic E-state index is 0.156. The van der Waals surface area contributed by atoms with Gasteiger partial charge in [0.2, 0.25) is 0 Å². The number of amides is 2. The van der Waals surface area contributed by atoms with Crippen LogP contribution in [0.25, 0.3) is 0 Å². The van der Waals surface area contributed by atoms with Gasteiger partial charge < -0.3 is 15.4 Å². The molecule has 4 nitrogen and oxygen atoms in total. The molecule has 1 atom stereocenters. The highest BCUT2D eigenvalue weighted by molar-refractivity contribution is 6.32. The van der Waals surface area contributed by atoms with E-state index in [1.54, 1.807) is 25.3 Å². The summed E-state index contributed by atoms with van der Waals surface area (Å²) in [7, 11) is 1.55. The van der Waals surface area contributed by atoms with Crippen LogP contribution in [0.4, 0.5) is 10.5 Å². The third-order valence-corrected chi connectivity index (χ3v) is 2.80. The van der Waals surface area contributed by atoms with E-state index in [0.29, 0.717) is 16.5 Å². The molecule has 0 aliphatic carbocycles. The fraction of sp³-hybridized carbons (Fsp3) is 0.462. The standard InChI is InChI=1S/C13H19ClN2O2/c1-4-5-9(2)15-13(17)16-10-6-7-12(18-3)11(14)8-10/h6-9H,4-5H2,1-3H3,(H2,15,16,17). The summed E-state index contributed by atoms with van der Waals surface area (Å²) < 4.78 is 5.04. The molecule has 0 aliphatic rings. The number of carbonyl (C=O) groups is 1. The maximum atomic E-state index is 11.7. The molecule has 0 radical (unpaired) electrons. The minimum Gasteiger partial charge on any atom is -0.495 e. The van der Waals surface area contributed by atoms with Crippen molar-refractivity contribution < 1.29 is 9.53 Å². The van der Waals surface area contributed by atoms with Crippen LogP contribution >= 0.6 is 11.6 Å². The zero-order valence-corrected chi connectivity index (χ0v) is 11.7. The van der Waals surface area contributed by atoms with Crippen LogP contribution in [0, 0.1) is 0 Å². The van der Waals surface area contributed by atoms with Crippen LogP contribution in [-0.4, -0.2) is 19.2 Å². The van der Waals surface area contributed by atoms with Gasteiger partial charge in [-0.2, -0.15) is 0 Å². The largest absolute Gasteiger partial charge is 0.495 e. The van der Waals surface area contributed by atoms with Gasteiger partial charge in [-0.05, 0) is 31.5 Å². The average Bonchev–Trinajstić information content (AvgIpc) is 2.29. The van der Waals surface area contributed by atoms with Gasteiger partial charge in [0.1, 0.15) is 5.75 Å². The number of rotatable bonds is 5. The molecular formula is C13H19ClN2O2. The van der Waals surface area contributed by atoms with Gasteiger partial charge in [0, 0.05) is 11.7 Å². The number of methoxy groups -OCH3 is 1. The summed E-state index contributed by atoms with van der Waals surface area (Å²) in [4.78, 5) is 11.7. The summed E-state index contributed by atoms with van der Waals surface area (Å²) in [6, 6.07) is 5.05. The normalized spacial score (nSPS) is 11.8. The van der Waals surface area contributed by atoms with Gasteiger partial charge in [-0.1, -0.05) is 24.9 Å². The Morgan fingerprint density at radius 1 is 1.50 bits per heavy atom. The number of ether oxygens (including phenoxy) is 1. The van der Waals surface area contributed by atoms with E-state index in [4.69, 9.17) is 16.3 Å². The Bertz CT molecular complexity index is 410. The number of hydrogen-bond acceptors (Lipinski definition) is 2. The molecule has 2 N–H and O–H groups in total. The van der Waals surface area contributed by atoms with Gasteiger partial charge in [-0.15, -0.1) is 0 Å². The summed E-state index contributed by atoms with van der Waals surface area (Å²) in [5, 5.41) is 6.06. The first-order chi connectivity index (χ1) is 8.56. The van der Waals surface area contributed by atoms with Gasteiger partial charge in [0.15, 0.2) is 0 Å². The van der Waals surface area contributed by atoms with Crippen LogP contribution in [-0.2, 0) is 0 Å². The Kier molecular flexibility index (Phi) is 5.78.